The van der Waals surface area contributed by atoms with Gasteiger partial charge in [-0.05, 0) is 38.1 Å². The zero-order valence-corrected chi connectivity index (χ0v) is 18.2. The summed E-state index contributed by atoms with van der Waals surface area (Å²) in [6.07, 6.45) is 3.24. The van der Waals surface area contributed by atoms with Crippen molar-refractivity contribution in [2.24, 2.45) is 0 Å². The molecule has 9 heteroatoms. The second-order valence-corrected chi connectivity index (χ2v) is 8.04. The van der Waals surface area contributed by atoms with E-state index in [1.807, 2.05) is 30.9 Å². The molecule has 0 radical (unpaired) electrons. The molecule has 5 rings (SSSR count). The molecule has 33 heavy (non-hydrogen) atoms. The minimum absolute atomic E-state index is 0.144. The van der Waals surface area contributed by atoms with Crippen molar-refractivity contribution in [2.75, 3.05) is 18.0 Å². The first kappa shape index (κ1) is 20.9. The Morgan fingerprint density at radius 2 is 1.97 bits per heavy atom. The number of pyridine rings is 1. The van der Waals surface area contributed by atoms with E-state index in [9.17, 15) is 9.18 Å². The van der Waals surface area contributed by atoms with Gasteiger partial charge in [-0.2, -0.15) is 5.10 Å². The van der Waals surface area contributed by atoms with Crippen molar-refractivity contribution < 1.29 is 13.7 Å². The molecule has 3 aromatic heterocycles. The number of aryl methyl sites for hydroxylation is 2. The lowest BCUT2D eigenvalue weighted by molar-refractivity contribution is 0.160. The van der Waals surface area contributed by atoms with Gasteiger partial charge in [-0.25, -0.2) is 9.07 Å². The SMILES string of the molecule is Cc1ccc(-c2noc(C)c2Cn2ncc(N3CC(Oc4ccccc4F)C3)cc2=O)cn1. The summed E-state index contributed by atoms with van der Waals surface area (Å²) in [5, 5.41) is 8.50. The molecule has 0 aliphatic carbocycles. The molecule has 1 aliphatic heterocycles. The van der Waals surface area contributed by atoms with Crippen LogP contribution < -0.4 is 15.2 Å². The fourth-order valence-electron chi connectivity index (χ4n) is 3.72. The lowest BCUT2D eigenvalue weighted by Gasteiger charge is -2.40. The molecule has 0 amide bonds. The van der Waals surface area contributed by atoms with Crippen LogP contribution in [0.15, 0.2) is 64.2 Å². The molecule has 0 N–H and O–H groups in total. The zero-order chi connectivity index (χ0) is 22.9. The number of aromatic nitrogens is 4. The van der Waals surface area contributed by atoms with E-state index >= 15 is 0 Å². The summed E-state index contributed by atoms with van der Waals surface area (Å²) in [7, 11) is 0. The summed E-state index contributed by atoms with van der Waals surface area (Å²) in [5.74, 6) is 0.476. The summed E-state index contributed by atoms with van der Waals surface area (Å²) in [6.45, 7) is 5.05. The summed E-state index contributed by atoms with van der Waals surface area (Å²) in [4.78, 5) is 19.0. The highest BCUT2D eigenvalue weighted by Gasteiger charge is 2.30. The molecule has 8 nitrogen and oxygen atoms in total. The summed E-state index contributed by atoms with van der Waals surface area (Å²) in [6, 6.07) is 11.7. The zero-order valence-electron chi connectivity index (χ0n) is 18.2. The van der Waals surface area contributed by atoms with Crippen LogP contribution in [0.2, 0.25) is 0 Å². The third-order valence-electron chi connectivity index (χ3n) is 5.68. The van der Waals surface area contributed by atoms with Crippen LogP contribution in [0.4, 0.5) is 10.1 Å². The maximum atomic E-state index is 13.8. The van der Waals surface area contributed by atoms with E-state index in [4.69, 9.17) is 9.26 Å². The number of nitrogens with zero attached hydrogens (tertiary/aromatic N) is 5. The van der Waals surface area contributed by atoms with Crippen molar-refractivity contribution in [3.63, 3.8) is 0 Å². The maximum Gasteiger partial charge on any atom is 0.269 e. The topological polar surface area (TPSA) is 86.3 Å². The average molecular weight is 447 g/mol. The predicted octanol–water partition coefficient (Wildman–Crippen LogP) is 3.37. The number of halogens is 1. The van der Waals surface area contributed by atoms with E-state index in [2.05, 4.69) is 15.2 Å². The summed E-state index contributed by atoms with van der Waals surface area (Å²) < 4.78 is 26.2. The highest BCUT2D eigenvalue weighted by atomic mass is 19.1. The first-order chi connectivity index (χ1) is 16.0. The van der Waals surface area contributed by atoms with Crippen molar-refractivity contribution in [1.29, 1.82) is 0 Å². The molecule has 0 saturated carbocycles. The maximum absolute atomic E-state index is 13.8. The summed E-state index contributed by atoms with van der Waals surface area (Å²) >= 11 is 0. The van der Waals surface area contributed by atoms with Gasteiger partial charge in [0.25, 0.3) is 5.56 Å². The molecule has 0 unspecified atom stereocenters. The largest absolute Gasteiger partial charge is 0.484 e. The Hall–Kier alpha value is -4.01. The number of anilines is 1. The Balaban J connectivity index is 1.28. The molecule has 1 aliphatic rings. The standard InChI is InChI=1S/C24H22FN5O3/c1-15-7-8-17(10-26-15)24-20(16(2)33-28-24)14-30-23(31)9-18(11-27-30)29-12-19(13-29)32-22-6-4-3-5-21(22)25/h3-11,19H,12-14H2,1-2H3. The smallest absolute Gasteiger partial charge is 0.269 e. The molecule has 1 fully saturated rings. The number of hydrogen-bond donors (Lipinski definition) is 0. The minimum Gasteiger partial charge on any atom is -0.484 e. The quantitative estimate of drug-likeness (QED) is 0.448. The third-order valence-corrected chi connectivity index (χ3v) is 5.68. The lowest BCUT2D eigenvalue weighted by Crippen LogP contribution is -2.54. The van der Waals surface area contributed by atoms with Crippen LogP contribution in [0, 0.1) is 19.7 Å². The van der Waals surface area contributed by atoms with Crippen LogP contribution in [0.3, 0.4) is 0 Å². The van der Waals surface area contributed by atoms with E-state index in [0.29, 0.717) is 30.2 Å². The minimum atomic E-state index is -0.384. The van der Waals surface area contributed by atoms with E-state index in [1.165, 1.54) is 10.7 Å². The Kier molecular flexibility index (Phi) is 5.37. The molecule has 1 aromatic carbocycles. The van der Waals surface area contributed by atoms with Gasteiger partial charge in [0.2, 0.25) is 0 Å². The van der Waals surface area contributed by atoms with Gasteiger partial charge in [0.15, 0.2) is 11.6 Å². The second kappa shape index (κ2) is 8.50. The molecule has 1 saturated heterocycles. The van der Waals surface area contributed by atoms with Crippen molar-refractivity contribution >= 4 is 5.69 Å². The van der Waals surface area contributed by atoms with Crippen LogP contribution >= 0.6 is 0 Å². The van der Waals surface area contributed by atoms with Gasteiger partial charge < -0.3 is 14.2 Å². The fourth-order valence-corrected chi connectivity index (χ4v) is 3.72. The van der Waals surface area contributed by atoms with Gasteiger partial charge in [-0.15, -0.1) is 0 Å². The number of ether oxygens (including phenoxy) is 1. The van der Waals surface area contributed by atoms with Crippen LogP contribution in [-0.2, 0) is 6.54 Å². The Morgan fingerprint density at radius 1 is 1.15 bits per heavy atom. The van der Waals surface area contributed by atoms with Gasteiger partial charge in [0.1, 0.15) is 17.6 Å². The van der Waals surface area contributed by atoms with Gasteiger partial charge in [0.05, 0.1) is 31.5 Å². The van der Waals surface area contributed by atoms with Gasteiger partial charge in [-0.3, -0.25) is 9.78 Å². The third kappa shape index (κ3) is 4.21. The monoisotopic (exact) mass is 447 g/mol. The van der Waals surface area contributed by atoms with Gasteiger partial charge >= 0.3 is 0 Å². The van der Waals surface area contributed by atoms with Crippen molar-refractivity contribution in [3.8, 4) is 17.0 Å². The van der Waals surface area contributed by atoms with Gasteiger partial charge in [0, 0.05) is 29.1 Å². The highest BCUT2D eigenvalue weighted by Crippen LogP contribution is 2.26. The number of benzene rings is 1. The van der Waals surface area contributed by atoms with E-state index < -0.39 is 0 Å². The van der Waals surface area contributed by atoms with Crippen molar-refractivity contribution in [2.45, 2.75) is 26.5 Å². The molecular formula is C24H22FN5O3. The van der Waals surface area contributed by atoms with Gasteiger partial charge in [-0.1, -0.05) is 17.3 Å². The Bertz CT molecular complexity index is 1340. The molecule has 4 heterocycles. The predicted molar refractivity (Wildman–Crippen MR) is 120 cm³/mol. The molecule has 168 valence electrons. The van der Waals surface area contributed by atoms with Crippen LogP contribution in [-0.4, -0.2) is 39.1 Å². The van der Waals surface area contributed by atoms with E-state index in [0.717, 1.165) is 16.8 Å². The lowest BCUT2D eigenvalue weighted by atomic mass is 10.1. The van der Waals surface area contributed by atoms with Crippen LogP contribution in [0.5, 0.6) is 5.75 Å². The summed E-state index contributed by atoms with van der Waals surface area (Å²) in [5.41, 5.74) is 3.62. The first-order valence-electron chi connectivity index (χ1n) is 10.6. The molecule has 4 aromatic rings. The molecule has 0 bridgehead atoms. The Labute approximate surface area is 189 Å². The average Bonchev–Trinajstić information content (AvgIpc) is 3.14. The normalized spacial score (nSPS) is 13.7. The highest BCUT2D eigenvalue weighted by molar-refractivity contribution is 5.62. The number of hydrogen-bond acceptors (Lipinski definition) is 7. The molecular weight excluding hydrogens is 425 g/mol. The molecule has 0 spiro atoms. The van der Waals surface area contributed by atoms with Crippen molar-refractivity contribution in [3.05, 3.63) is 88.0 Å². The fraction of sp³-hybridized carbons (Fsp3) is 0.250. The number of para-hydroxylation sites is 1. The first-order valence-corrected chi connectivity index (χ1v) is 10.6. The van der Waals surface area contributed by atoms with E-state index in [-0.39, 0.29) is 29.8 Å². The molecule has 0 atom stereocenters. The van der Waals surface area contributed by atoms with Crippen LogP contribution in [0.25, 0.3) is 11.3 Å². The Morgan fingerprint density at radius 3 is 2.70 bits per heavy atom. The second-order valence-electron chi connectivity index (χ2n) is 8.04. The number of rotatable bonds is 6. The van der Waals surface area contributed by atoms with Crippen molar-refractivity contribution in [1.82, 2.24) is 19.9 Å². The van der Waals surface area contributed by atoms with Crippen LogP contribution in [0.1, 0.15) is 17.0 Å². The van der Waals surface area contributed by atoms with E-state index in [1.54, 1.807) is 36.7 Å².